The second kappa shape index (κ2) is 10.9. The summed E-state index contributed by atoms with van der Waals surface area (Å²) in [5.74, 6) is 0. The summed E-state index contributed by atoms with van der Waals surface area (Å²) in [6, 6.07) is 58.9. The third-order valence-corrected chi connectivity index (χ3v) is 12.1. The van der Waals surface area contributed by atoms with Gasteiger partial charge in [0, 0.05) is 59.4 Å². The smallest absolute Gasteiger partial charge is 0.144 e. The van der Waals surface area contributed by atoms with Gasteiger partial charge in [-0.05, 0) is 67.5 Å². The highest BCUT2D eigenvalue weighted by atomic mass is 32.1. The maximum atomic E-state index is 7.10. The van der Waals surface area contributed by atoms with E-state index >= 15 is 0 Å². The van der Waals surface area contributed by atoms with E-state index in [4.69, 9.17) is 8.83 Å². The molecule has 3 aromatic heterocycles. The lowest BCUT2D eigenvalue weighted by Gasteiger charge is -2.18. The number of fused-ring (bicyclic) bond motifs is 11. The average Bonchev–Trinajstić information content (AvgIpc) is 3.93. The van der Waals surface area contributed by atoms with Crippen LogP contribution in [0.15, 0.2) is 178 Å². The molecule has 0 atom stereocenters. The van der Waals surface area contributed by atoms with Gasteiger partial charge in [0.2, 0.25) is 0 Å². The van der Waals surface area contributed by atoms with Crippen LogP contribution in [0, 0.1) is 0 Å². The minimum Gasteiger partial charge on any atom is -0.455 e. The molecule has 9 aromatic carbocycles. The second-order valence-electron chi connectivity index (χ2n) is 13.9. The van der Waals surface area contributed by atoms with Gasteiger partial charge in [-0.25, -0.2) is 0 Å². The summed E-state index contributed by atoms with van der Waals surface area (Å²) in [7, 11) is 0. The van der Waals surface area contributed by atoms with E-state index in [0.29, 0.717) is 0 Å². The zero-order chi connectivity index (χ0) is 34.6. The van der Waals surface area contributed by atoms with Crippen molar-refractivity contribution < 1.29 is 8.83 Å². The monoisotopic (exact) mass is 692 g/mol. The molecule has 0 unspecified atom stereocenters. The topological polar surface area (TPSA) is 26.3 Å². The summed E-state index contributed by atoms with van der Waals surface area (Å²) in [4.78, 5) is 0. The molecule has 0 saturated carbocycles. The molecule has 246 valence electrons. The standard InChI is InChI=1S/C50H28O2S/c1-2-12-29(13-3-1)42-28-53-44-25-24-38-36-20-10-23-40(49(36)52-50(38)47(42)44)46-34-18-8-6-16-32(34)45(33-17-7-9-19-35(33)46)39-22-11-21-37-41-26-30-14-4-5-15-31(30)27-43(41)51-48(37)39/h1-28H. The van der Waals surface area contributed by atoms with Gasteiger partial charge in [0.15, 0.2) is 0 Å². The Balaban J connectivity index is 1.16. The zero-order valence-corrected chi connectivity index (χ0v) is 29.2. The molecule has 53 heavy (non-hydrogen) atoms. The maximum absolute atomic E-state index is 7.10. The van der Waals surface area contributed by atoms with Crippen molar-refractivity contribution in [2.24, 2.45) is 0 Å². The van der Waals surface area contributed by atoms with E-state index in [9.17, 15) is 0 Å². The van der Waals surface area contributed by atoms with E-state index in [1.165, 1.54) is 64.7 Å². The van der Waals surface area contributed by atoms with Crippen LogP contribution in [0.2, 0.25) is 0 Å². The number of hydrogen-bond donors (Lipinski definition) is 0. The fraction of sp³-hybridized carbons (Fsp3) is 0. The van der Waals surface area contributed by atoms with Gasteiger partial charge in [0.25, 0.3) is 0 Å². The van der Waals surface area contributed by atoms with Crippen molar-refractivity contribution in [3.63, 3.8) is 0 Å². The normalized spacial score (nSPS) is 12.2. The molecule has 0 saturated heterocycles. The SMILES string of the molecule is c1ccc(-c2csc3ccc4c5cccc(-c6c7ccccc7c(-c7cccc8c7oc7cc9ccccc9cc78)c7ccccc67)c5oc4c23)cc1. The Kier molecular flexibility index (Phi) is 5.96. The van der Waals surface area contributed by atoms with Crippen LogP contribution in [0.3, 0.4) is 0 Å². The Bertz CT molecular complexity index is 3390. The molecule has 0 amide bonds. The molecule has 3 heterocycles. The van der Waals surface area contributed by atoms with E-state index in [1.807, 2.05) is 0 Å². The largest absolute Gasteiger partial charge is 0.455 e. The van der Waals surface area contributed by atoms with E-state index in [2.05, 4.69) is 169 Å². The minimum atomic E-state index is 0.906. The third kappa shape index (κ3) is 4.08. The molecule has 12 rings (SSSR count). The highest BCUT2D eigenvalue weighted by Crippen LogP contribution is 2.50. The van der Waals surface area contributed by atoms with Gasteiger partial charge in [-0.2, -0.15) is 0 Å². The molecule has 12 aromatic rings. The lowest BCUT2D eigenvalue weighted by molar-refractivity contribution is 0.670. The molecule has 0 aliphatic heterocycles. The highest BCUT2D eigenvalue weighted by molar-refractivity contribution is 7.18. The minimum absolute atomic E-state index is 0.906. The molecule has 0 bridgehead atoms. The summed E-state index contributed by atoms with van der Waals surface area (Å²) in [6.45, 7) is 0. The second-order valence-corrected chi connectivity index (χ2v) is 14.8. The van der Waals surface area contributed by atoms with Crippen LogP contribution in [0.5, 0.6) is 0 Å². The van der Waals surface area contributed by atoms with Crippen molar-refractivity contribution in [3.05, 3.63) is 169 Å². The van der Waals surface area contributed by atoms with Crippen LogP contribution in [0.25, 0.3) is 120 Å². The first-order valence-electron chi connectivity index (χ1n) is 18.0. The van der Waals surface area contributed by atoms with Crippen LogP contribution in [0.4, 0.5) is 0 Å². The van der Waals surface area contributed by atoms with Crippen molar-refractivity contribution >= 4 is 97.6 Å². The number of rotatable bonds is 3. The first kappa shape index (κ1) is 29.0. The van der Waals surface area contributed by atoms with Crippen molar-refractivity contribution in [1.82, 2.24) is 0 Å². The van der Waals surface area contributed by atoms with Gasteiger partial charge in [0.05, 0.1) is 0 Å². The summed E-state index contributed by atoms with van der Waals surface area (Å²) in [5, 5.41) is 15.1. The predicted molar refractivity (Wildman–Crippen MR) is 225 cm³/mol. The van der Waals surface area contributed by atoms with Gasteiger partial charge in [0.1, 0.15) is 22.3 Å². The molecule has 3 heteroatoms. The number of furan rings is 2. The van der Waals surface area contributed by atoms with Gasteiger partial charge in [-0.15, -0.1) is 11.3 Å². The van der Waals surface area contributed by atoms with Crippen molar-refractivity contribution in [2.45, 2.75) is 0 Å². The van der Waals surface area contributed by atoms with Crippen LogP contribution in [0.1, 0.15) is 0 Å². The van der Waals surface area contributed by atoms with E-state index in [0.717, 1.165) is 55.0 Å². The van der Waals surface area contributed by atoms with Gasteiger partial charge >= 0.3 is 0 Å². The first-order chi connectivity index (χ1) is 26.3. The molecule has 0 fully saturated rings. The van der Waals surface area contributed by atoms with Gasteiger partial charge in [-0.1, -0.05) is 140 Å². The summed E-state index contributed by atoms with van der Waals surface area (Å²) < 4.78 is 15.1. The summed E-state index contributed by atoms with van der Waals surface area (Å²) in [5.41, 5.74) is 10.6. The van der Waals surface area contributed by atoms with Gasteiger partial charge < -0.3 is 8.83 Å². The Morgan fingerprint density at radius 2 is 0.887 bits per heavy atom. The van der Waals surface area contributed by atoms with Crippen LogP contribution in [-0.2, 0) is 0 Å². The first-order valence-corrected chi connectivity index (χ1v) is 18.9. The Hall–Kier alpha value is -6.68. The Morgan fingerprint density at radius 1 is 0.358 bits per heavy atom. The van der Waals surface area contributed by atoms with Crippen LogP contribution < -0.4 is 0 Å². The maximum Gasteiger partial charge on any atom is 0.144 e. The van der Waals surface area contributed by atoms with Crippen molar-refractivity contribution in [2.75, 3.05) is 0 Å². The average molecular weight is 693 g/mol. The molecule has 0 aliphatic carbocycles. The van der Waals surface area contributed by atoms with E-state index in [1.54, 1.807) is 11.3 Å². The third-order valence-electron chi connectivity index (χ3n) is 11.1. The molecular weight excluding hydrogens is 665 g/mol. The lowest BCUT2D eigenvalue weighted by Crippen LogP contribution is -1.91. The molecule has 2 nitrogen and oxygen atoms in total. The van der Waals surface area contributed by atoms with Crippen molar-refractivity contribution in [3.8, 4) is 33.4 Å². The van der Waals surface area contributed by atoms with Crippen molar-refractivity contribution in [1.29, 1.82) is 0 Å². The molecule has 0 N–H and O–H groups in total. The Labute approximate surface area is 307 Å². The number of para-hydroxylation sites is 2. The lowest BCUT2D eigenvalue weighted by atomic mass is 9.85. The zero-order valence-electron chi connectivity index (χ0n) is 28.4. The van der Waals surface area contributed by atoms with E-state index < -0.39 is 0 Å². The molecule has 0 aliphatic rings. The molecular formula is C50H28O2S. The molecule has 0 radical (unpaired) electrons. The summed E-state index contributed by atoms with van der Waals surface area (Å²) >= 11 is 1.77. The number of benzene rings is 9. The van der Waals surface area contributed by atoms with Crippen LogP contribution in [-0.4, -0.2) is 0 Å². The highest BCUT2D eigenvalue weighted by Gasteiger charge is 2.23. The number of thiophene rings is 1. The van der Waals surface area contributed by atoms with Gasteiger partial charge in [-0.3, -0.25) is 0 Å². The summed E-state index contributed by atoms with van der Waals surface area (Å²) in [6.07, 6.45) is 0. The fourth-order valence-corrected chi connectivity index (χ4v) is 9.76. The quantitative estimate of drug-likeness (QED) is 0.172. The predicted octanol–water partition coefficient (Wildman–Crippen LogP) is 15.2. The number of hydrogen-bond acceptors (Lipinski definition) is 3. The molecule has 0 spiro atoms. The fourth-order valence-electron chi connectivity index (χ4n) is 8.79. The van der Waals surface area contributed by atoms with Crippen LogP contribution >= 0.6 is 11.3 Å². The Morgan fingerprint density at radius 3 is 1.55 bits per heavy atom. The van der Waals surface area contributed by atoms with E-state index in [-0.39, 0.29) is 0 Å².